The molecule has 0 unspecified atom stereocenters. The fourth-order valence-corrected chi connectivity index (χ4v) is 1.75. The van der Waals surface area contributed by atoms with Crippen molar-refractivity contribution in [3.05, 3.63) is 23.8 Å². The first-order chi connectivity index (χ1) is 15.7. The number of carbonyl (C=O) groups is 2. The Labute approximate surface area is 188 Å². The van der Waals surface area contributed by atoms with E-state index >= 15 is 0 Å². The van der Waals surface area contributed by atoms with Crippen LogP contribution in [0.25, 0.3) is 0 Å². The number of aromatic nitrogens is 1. The summed E-state index contributed by atoms with van der Waals surface area (Å²) in [4.78, 5) is 21.4. The minimum Gasteiger partial charge on any atom is -0.487 e. The molecule has 1 atom stereocenters. The van der Waals surface area contributed by atoms with Crippen molar-refractivity contribution in [1.82, 2.24) is 10.3 Å². The van der Waals surface area contributed by atoms with Crippen molar-refractivity contribution >= 4 is 11.9 Å². The SMILES string of the molecule is FCCCCC#Cc1cnc(F)c(OC[C@@H]2CCN2)c1.O=C(O)C(F)(F)F.O=C(O)C(F)(F)F. The summed E-state index contributed by atoms with van der Waals surface area (Å²) in [5.74, 6) is -0.186. The molecule has 0 aromatic carbocycles. The van der Waals surface area contributed by atoms with Gasteiger partial charge in [0.1, 0.15) is 6.61 Å². The van der Waals surface area contributed by atoms with Crippen molar-refractivity contribution in [2.75, 3.05) is 19.8 Å². The van der Waals surface area contributed by atoms with Gasteiger partial charge in [-0.2, -0.15) is 30.7 Å². The fourth-order valence-electron chi connectivity index (χ4n) is 1.75. The Morgan fingerprint density at radius 2 is 1.65 bits per heavy atom. The summed E-state index contributed by atoms with van der Waals surface area (Å²) >= 11 is 0. The van der Waals surface area contributed by atoms with Crippen LogP contribution in [-0.2, 0) is 9.59 Å². The smallest absolute Gasteiger partial charge is 0.487 e. The summed E-state index contributed by atoms with van der Waals surface area (Å²) in [6.45, 7) is 1.11. The third kappa shape index (κ3) is 14.1. The summed E-state index contributed by atoms with van der Waals surface area (Å²) in [6.07, 6.45) is -5.85. The van der Waals surface area contributed by atoms with Gasteiger partial charge >= 0.3 is 24.3 Å². The molecule has 0 radical (unpaired) electrons. The van der Waals surface area contributed by atoms with E-state index in [0.717, 1.165) is 19.4 Å². The molecule has 0 saturated carbocycles. The highest BCUT2D eigenvalue weighted by molar-refractivity contribution is 5.73. The molecule has 2 rings (SSSR count). The molecule has 1 saturated heterocycles. The highest BCUT2D eigenvalue weighted by Crippen LogP contribution is 2.17. The van der Waals surface area contributed by atoms with Gasteiger partial charge in [0.15, 0.2) is 5.75 Å². The number of nitrogens with zero attached hydrogens (tertiary/aromatic N) is 1. The van der Waals surface area contributed by atoms with Crippen LogP contribution in [0.1, 0.15) is 31.2 Å². The van der Waals surface area contributed by atoms with E-state index in [0.29, 0.717) is 31.1 Å². The number of hydrogen-bond donors (Lipinski definition) is 3. The average Bonchev–Trinajstić information content (AvgIpc) is 2.68. The number of nitrogens with one attached hydrogen (secondary N) is 1. The number of aliphatic carboxylic acids is 2. The number of carboxylic acid groups (broad SMARTS) is 2. The molecule has 0 spiro atoms. The van der Waals surface area contributed by atoms with Crippen LogP contribution < -0.4 is 10.1 Å². The zero-order valence-electron chi connectivity index (χ0n) is 17.3. The number of hydrogen-bond acceptors (Lipinski definition) is 5. The molecule has 1 aliphatic rings. The van der Waals surface area contributed by atoms with Gasteiger partial charge in [-0.15, -0.1) is 0 Å². The van der Waals surface area contributed by atoms with E-state index in [1.807, 2.05) is 0 Å². The molecule has 7 nitrogen and oxygen atoms in total. The summed E-state index contributed by atoms with van der Waals surface area (Å²) in [5.41, 5.74) is 0.614. The van der Waals surface area contributed by atoms with Crippen LogP contribution in [0.4, 0.5) is 35.1 Å². The number of unbranched alkanes of at least 4 members (excludes halogenated alkanes) is 2. The highest BCUT2D eigenvalue weighted by Gasteiger charge is 2.38. The van der Waals surface area contributed by atoms with Crippen molar-refractivity contribution in [2.24, 2.45) is 0 Å². The highest BCUT2D eigenvalue weighted by atomic mass is 19.4. The predicted octanol–water partition coefficient (Wildman–Crippen LogP) is 3.72. The van der Waals surface area contributed by atoms with E-state index in [1.165, 1.54) is 6.20 Å². The van der Waals surface area contributed by atoms with Gasteiger partial charge < -0.3 is 20.3 Å². The number of ether oxygens (including phenoxy) is 1. The van der Waals surface area contributed by atoms with E-state index < -0.39 is 30.2 Å². The van der Waals surface area contributed by atoms with E-state index in [2.05, 4.69) is 22.1 Å². The molecule has 0 bridgehead atoms. The Hall–Kier alpha value is -3.15. The second kappa shape index (κ2) is 14.9. The Morgan fingerprint density at radius 3 is 2.06 bits per heavy atom. The van der Waals surface area contributed by atoms with Gasteiger partial charge in [0.05, 0.1) is 6.67 Å². The average molecular weight is 508 g/mol. The van der Waals surface area contributed by atoms with Gasteiger partial charge in [0, 0.05) is 30.3 Å². The maximum absolute atomic E-state index is 13.5. The Bertz CT molecular complexity index is 822. The van der Waals surface area contributed by atoms with Gasteiger partial charge in [-0.25, -0.2) is 14.6 Å². The van der Waals surface area contributed by atoms with Crippen LogP contribution in [0, 0.1) is 17.8 Å². The van der Waals surface area contributed by atoms with Crippen LogP contribution >= 0.6 is 0 Å². The number of rotatable bonds is 6. The van der Waals surface area contributed by atoms with Gasteiger partial charge in [-0.1, -0.05) is 11.8 Å². The Morgan fingerprint density at radius 1 is 1.12 bits per heavy atom. The summed E-state index contributed by atoms with van der Waals surface area (Å²) in [7, 11) is 0. The number of pyridine rings is 1. The number of carboxylic acids is 2. The first-order valence-electron chi connectivity index (χ1n) is 9.35. The van der Waals surface area contributed by atoms with Gasteiger partial charge in [-0.05, 0) is 25.8 Å². The zero-order chi connectivity index (χ0) is 26.4. The van der Waals surface area contributed by atoms with Crippen LogP contribution in [-0.4, -0.2) is 65.4 Å². The molecular formula is C19H20F8N2O5. The maximum Gasteiger partial charge on any atom is 0.490 e. The molecular weight excluding hydrogens is 488 g/mol. The third-order valence-corrected chi connectivity index (χ3v) is 3.58. The Balaban J connectivity index is 0.000000642. The molecule has 0 amide bonds. The second-order valence-electron chi connectivity index (χ2n) is 6.32. The summed E-state index contributed by atoms with van der Waals surface area (Å²) < 4.78 is 94.3. The van der Waals surface area contributed by atoms with Crippen LogP contribution in [0.5, 0.6) is 5.75 Å². The maximum atomic E-state index is 13.5. The zero-order valence-corrected chi connectivity index (χ0v) is 17.3. The third-order valence-electron chi connectivity index (χ3n) is 3.58. The normalized spacial score (nSPS) is 14.6. The number of alkyl halides is 7. The topological polar surface area (TPSA) is 109 Å². The van der Waals surface area contributed by atoms with Crippen molar-refractivity contribution in [1.29, 1.82) is 0 Å². The van der Waals surface area contributed by atoms with Crippen LogP contribution in [0.2, 0.25) is 0 Å². The van der Waals surface area contributed by atoms with Crippen molar-refractivity contribution in [3.63, 3.8) is 0 Å². The molecule has 34 heavy (non-hydrogen) atoms. The standard InChI is InChI=1S/C15H18F2N2O.2C2HF3O2/c16-7-4-2-1-3-5-12-9-14(15(17)19-10-12)20-11-13-6-8-18-13;2*3-2(4,5)1(6)7/h9-10,13,18H,1-2,4,6-8,11H2;2*(H,6,7)/t13-;;/m0../s1. The molecule has 192 valence electrons. The van der Waals surface area contributed by atoms with E-state index in [9.17, 15) is 35.1 Å². The van der Waals surface area contributed by atoms with E-state index in [4.69, 9.17) is 24.5 Å². The lowest BCUT2D eigenvalue weighted by Gasteiger charge is -2.27. The van der Waals surface area contributed by atoms with Gasteiger partial charge in [0.25, 0.3) is 5.95 Å². The van der Waals surface area contributed by atoms with Crippen LogP contribution in [0.15, 0.2) is 12.3 Å². The molecule has 15 heteroatoms. The molecule has 1 aromatic rings. The largest absolute Gasteiger partial charge is 0.490 e. The monoisotopic (exact) mass is 508 g/mol. The number of halogens is 8. The summed E-state index contributed by atoms with van der Waals surface area (Å²) in [5, 5.41) is 17.4. The van der Waals surface area contributed by atoms with Crippen LogP contribution in [0.3, 0.4) is 0 Å². The molecule has 2 heterocycles. The first kappa shape index (κ1) is 30.9. The molecule has 1 aliphatic heterocycles. The minimum absolute atomic E-state index is 0.134. The Kier molecular flexibility index (Phi) is 13.5. The lowest BCUT2D eigenvalue weighted by atomic mass is 10.1. The molecule has 3 N–H and O–H groups in total. The van der Waals surface area contributed by atoms with E-state index in [1.54, 1.807) is 6.07 Å². The molecule has 0 aliphatic carbocycles. The van der Waals surface area contributed by atoms with Crippen molar-refractivity contribution in [2.45, 2.75) is 44.1 Å². The molecule has 1 aromatic heterocycles. The van der Waals surface area contributed by atoms with Gasteiger partial charge in [0.2, 0.25) is 0 Å². The second-order valence-corrected chi connectivity index (χ2v) is 6.32. The lowest BCUT2D eigenvalue weighted by Crippen LogP contribution is -2.46. The predicted molar refractivity (Wildman–Crippen MR) is 100 cm³/mol. The quantitative estimate of drug-likeness (QED) is 0.233. The van der Waals surface area contributed by atoms with Gasteiger partial charge in [-0.3, -0.25) is 4.39 Å². The van der Waals surface area contributed by atoms with E-state index in [-0.39, 0.29) is 12.4 Å². The fraction of sp³-hybridized carbons (Fsp3) is 0.526. The van der Waals surface area contributed by atoms with Crippen molar-refractivity contribution in [3.8, 4) is 17.6 Å². The first-order valence-corrected chi connectivity index (χ1v) is 9.35. The molecule has 1 fully saturated rings. The lowest BCUT2D eigenvalue weighted by molar-refractivity contribution is -0.193. The van der Waals surface area contributed by atoms with Crippen molar-refractivity contribution < 1.29 is 59.7 Å². The minimum atomic E-state index is -5.08. The summed E-state index contributed by atoms with van der Waals surface area (Å²) in [6, 6.07) is 1.85.